The summed E-state index contributed by atoms with van der Waals surface area (Å²) in [6, 6.07) is 7.27. The number of aryl methyl sites for hydroxylation is 1. The molecular formula is C14H22N2O. The van der Waals surface area contributed by atoms with Gasteiger partial charge < -0.3 is 15.3 Å². The SMILES string of the molecule is Cc1cc(N(C)CCO)ccc1CNC1CC1. The smallest absolute Gasteiger partial charge is 0.0606 e. The van der Waals surface area contributed by atoms with Gasteiger partial charge in [0.1, 0.15) is 0 Å². The van der Waals surface area contributed by atoms with Crippen LogP contribution in [0.15, 0.2) is 18.2 Å². The Bertz CT molecular complexity index is 374. The molecule has 1 aromatic carbocycles. The van der Waals surface area contributed by atoms with Crippen LogP contribution in [0.3, 0.4) is 0 Å². The van der Waals surface area contributed by atoms with Gasteiger partial charge in [-0.05, 0) is 43.0 Å². The summed E-state index contributed by atoms with van der Waals surface area (Å²) in [5, 5.41) is 12.5. The molecule has 0 atom stereocenters. The van der Waals surface area contributed by atoms with E-state index >= 15 is 0 Å². The molecule has 1 aliphatic rings. The average molecular weight is 234 g/mol. The van der Waals surface area contributed by atoms with Crippen molar-refractivity contribution in [2.45, 2.75) is 32.4 Å². The third kappa shape index (κ3) is 3.45. The molecule has 0 aliphatic heterocycles. The predicted octanol–water partition coefficient (Wildman–Crippen LogP) is 1.68. The largest absolute Gasteiger partial charge is 0.395 e. The predicted molar refractivity (Wildman–Crippen MR) is 71.4 cm³/mol. The molecule has 2 rings (SSSR count). The van der Waals surface area contributed by atoms with Gasteiger partial charge in [-0.3, -0.25) is 0 Å². The summed E-state index contributed by atoms with van der Waals surface area (Å²) in [6.07, 6.45) is 2.66. The van der Waals surface area contributed by atoms with Gasteiger partial charge in [-0.15, -0.1) is 0 Å². The van der Waals surface area contributed by atoms with E-state index in [1.54, 1.807) is 0 Å². The van der Waals surface area contributed by atoms with Crippen molar-refractivity contribution in [1.29, 1.82) is 0 Å². The van der Waals surface area contributed by atoms with Crippen molar-refractivity contribution in [2.75, 3.05) is 25.1 Å². The second-order valence-electron chi connectivity index (χ2n) is 4.91. The number of hydrogen-bond donors (Lipinski definition) is 2. The maximum atomic E-state index is 8.92. The summed E-state index contributed by atoms with van der Waals surface area (Å²) < 4.78 is 0. The van der Waals surface area contributed by atoms with E-state index in [0.717, 1.165) is 12.6 Å². The van der Waals surface area contributed by atoms with Crippen LogP contribution in [0.25, 0.3) is 0 Å². The fourth-order valence-corrected chi connectivity index (χ4v) is 1.94. The van der Waals surface area contributed by atoms with E-state index in [1.807, 2.05) is 7.05 Å². The van der Waals surface area contributed by atoms with Gasteiger partial charge in [0, 0.05) is 31.9 Å². The lowest BCUT2D eigenvalue weighted by atomic mass is 10.1. The summed E-state index contributed by atoms with van der Waals surface area (Å²) >= 11 is 0. The van der Waals surface area contributed by atoms with Gasteiger partial charge in [0.15, 0.2) is 0 Å². The minimum Gasteiger partial charge on any atom is -0.395 e. The van der Waals surface area contributed by atoms with Crippen LogP contribution in [0.2, 0.25) is 0 Å². The van der Waals surface area contributed by atoms with Crippen LogP contribution < -0.4 is 10.2 Å². The van der Waals surface area contributed by atoms with Crippen molar-refractivity contribution in [3.05, 3.63) is 29.3 Å². The van der Waals surface area contributed by atoms with Crippen LogP contribution >= 0.6 is 0 Å². The standard InChI is InChI=1S/C14H22N2O/c1-11-9-14(16(2)7-8-17)6-3-12(11)10-15-13-4-5-13/h3,6,9,13,15,17H,4-5,7-8,10H2,1-2H3. The summed E-state index contributed by atoms with van der Waals surface area (Å²) in [6.45, 7) is 4.00. The highest BCUT2D eigenvalue weighted by atomic mass is 16.3. The van der Waals surface area contributed by atoms with E-state index in [0.29, 0.717) is 6.54 Å². The van der Waals surface area contributed by atoms with Gasteiger partial charge in [0.05, 0.1) is 6.61 Å². The van der Waals surface area contributed by atoms with E-state index in [4.69, 9.17) is 5.11 Å². The molecule has 1 fully saturated rings. The van der Waals surface area contributed by atoms with Gasteiger partial charge in [0.2, 0.25) is 0 Å². The van der Waals surface area contributed by atoms with Crippen LogP contribution in [0, 0.1) is 6.92 Å². The Labute approximate surface area is 103 Å². The van der Waals surface area contributed by atoms with Crippen molar-refractivity contribution in [2.24, 2.45) is 0 Å². The van der Waals surface area contributed by atoms with Crippen LogP contribution in [0.4, 0.5) is 5.69 Å². The Balaban J connectivity index is 1.99. The molecule has 3 heteroatoms. The maximum absolute atomic E-state index is 8.92. The van der Waals surface area contributed by atoms with Crippen LogP contribution in [0.5, 0.6) is 0 Å². The number of likely N-dealkylation sites (N-methyl/N-ethyl adjacent to an activating group) is 1. The van der Waals surface area contributed by atoms with E-state index < -0.39 is 0 Å². The zero-order chi connectivity index (χ0) is 12.3. The normalized spacial score (nSPS) is 15.0. The van der Waals surface area contributed by atoms with E-state index in [9.17, 15) is 0 Å². The van der Waals surface area contributed by atoms with E-state index in [1.165, 1.54) is 29.7 Å². The second kappa shape index (κ2) is 5.52. The minimum absolute atomic E-state index is 0.195. The monoisotopic (exact) mass is 234 g/mol. The summed E-state index contributed by atoms with van der Waals surface area (Å²) in [5.41, 5.74) is 3.87. The maximum Gasteiger partial charge on any atom is 0.0606 e. The summed E-state index contributed by atoms with van der Waals surface area (Å²) in [5.74, 6) is 0. The molecule has 94 valence electrons. The van der Waals surface area contributed by atoms with Crippen molar-refractivity contribution < 1.29 is 5.11 Å². The first-order valence-electron chi connectivity index (χ1n) is 6.35. The lowest BCUT2D eigenvalue weighted by Crippen LogP contribution is -2.21. The molecule has 0 amide bonds. The van der Waals surface area contributed by atoms with Gasteiger partial charge in [-0.2, -0.15) is 0 Å². The highest BCUT2D eigenvalue weighted by molar-refractivity contribution is 5.50. The first-order chi connectivity index (χ1) is 8.20. The fourth-order valence-electron chi connectivity index (χ4n) is 1.94. The minimum atomic E-state index is 0.195. The van der Waals surface area contributed by atoms with Crippen molar-refractivity contribution in [3.63, 3.8) is 0 Å². The fraction of sp³-hybridized carbons (Fsp3) is 0.571. The Hall–Kier alpha value is -1.06. The number of benzene rings is 1. The third-order valence-electron chi connectivity index (χ3n) is 3.36. The molecular weight excluding hydrogens is 212 g/mol. The number of aliphatic hydroxyl groups is 1. The number of rotatable bonds is 6. The number of aliphatic hydroxyl groups excluding tert-OH is 1. The lowest BCUT2D eigenvalue weighted by Gasteiger charge is -2.19. The van der Waals surface area contributed by atoms with Crippen molar-refractivity contribution in [1.82, 2.24) is 5.32 Å². The first-order valence-corrected chi connectivity index (χ1v) is 6.35. The quantitative estimate of drug-likeness (QED) is 0.786. The molecule has 2 N–H and O–H groups in total. The van der Waals surface area contributed by atoms with Crippen molar-refractivity contribution >= 4 is 5.69 Å². The number of anilines is 1. The third-order valence-corrected chi connectivity index (χ3v) is 3.36. The average Bonchev–Trinajstić information content (AvgIpc) is 3.11. The number of nitrogens with one attached hydrogen (secondary N) is 1. The lowest BCUT2D eigenvalue weighted by molar-refractivity contribution is 0.304. The topological polar surface area (TPSA) is 35.5 Å². The van der Waals surface area contributed by atoms with Crippen LogP contribution in [-0.4, -0.2) is 31.3 Å². The molecule has 0 spiro atoms. The zero-order valence-corrected chi connectivity index (χ0v) is 10.7. The Morgan fingerprint density at radius 1 is 1.41 bits per heavy atom. The van der Waals surface area contributed by atoms with Gasteiger partial charge >= 0.3 is 0 Å². The number of hydrogen-bond acceptors (Lipinski definition) is 3. The molecule has 0 aromatic heterocycles. The second-order valence-corrected chi connectivity index (χ2v) is 4.91. The van der Waals surface area contributed by atoms with Gasteiger partial charge in [-0.1, -0.05) is 6.07 Å². The summed E-state index contributed by atoms with van der Waals surface area (Å²) in [4.78, 5) is 2.07. The van der Waals surface area contributed by atoms with Crippen LogP contribution in [0.1, 0.15) is 24.0 Å². The molecule has 0 saturated heterocycles. The molecule has 0 heterocycles. The van der Waals surface area contributed by atoms with Gasteiger partial charge in [0.25, 0.3) is 0 Å². The van der Waals surface area contributed by atoms with E-state index in [-0.39, 0.29) is 6.61 Å². The molecule has 1 aliphatic carbocycles. The molecule has 0 unspecified atom stereocenters. The first kappa shape index (κ1) is 12.4. The Morgan fingerprint density at radius 2 is 2.18 bits per heavy atom. The zero-order valence-electron chi connectivity index (χ0n) is 10.7. The molecule has 0 bridgehead atoms. The molecule has 1 saturated carbocycles. The van der Waals surface area contributed by atoms with Crippen molar-refractivity contribution in [3.8, 4) is 0 Å². The molecule has 0 radical (unpaired) electrons. The Kier molecular flexibility index (Phi) is 4.02. The van der Waals surface area contributed by atoms with Crippen LogP contribution in [-0.2, 0) is 6.54 Å². The Morgan fingerprint density at radius 3 is 2.76 bits per heavy atom. The molecule has 1 aromatic rings. The highest BCUT2D eigenvalue weighted by Crippen LogP contribution is 2.21. The number of nitrogens with zero attached hydrogens (tertiary/aromatic N) is 1. The van der Waals surface area contributed by atoms with Gasteiger partial charge in [-0.25, -0.2) is 0 Å². The molecule has 17 heavy (non-hydrogen) atoms. The summed E-state index contributed by atoms with van der Waals surface area (Å²) in [7, 11) is 2.01. The van der Waals surface area contributed by atoms with E-state index in [2.05, 4.69) is 35.3 Å². The molecule has 3 nitrogen and oxygen atoms in total. The highest BCUT2D eigenvalue weighted by Gasteiger charge is 2.20.